The van der Waals surface area contributed by atoms with E-state index in [1.165, 1.54) is 11.1 Å². The van der Waals surface area contributed by atoms with E-state index in [1.54, 1.807) is 4.90 Å². The van der Waals surface area contributed by atoms with E-state index in [1.807, 2.05) is 14.1 Å². The van der Waals surface area contributed by atoms with Crippen LogP contribution in [-0.4, -0.2) is 26.5 Å². The largest absolute Gasteiger partial charge is 0.319 e. The number of hydrogen-bond donors (Lipinski definition) is 1. The zero-order valence-electron chi connectivity index (χ0n) is 10.8. The van der Waals surface area contributed by atoms with Gasteiger partial charge in [0.05, 0.1) is 6.42 Å². The Labute approximate surface area is 103 Å². The van der Waals surface area contributed by atoms with Gasteiger partial charge in [-0.3, -0.25) is 4.79 Å². The first-order valence-electron chi connectivity index (χ1n) is 6.21. The fraction of sp³-hybridized carbons (Fsp3) is 0.500. The van der Waals surface area contributed by atoms with Gasteiger partial charge in [-0.25, -0.2) is 0 Å². The third-order valence-electron chi connectivity index (χ3n) is 3.60. The summed E-state index contributed by atoms with van der Waals surface area (Å²) in [4.78, 5) is 13.4. The molecule has 0 spiro atoms. The molecular formula is C14H20N2O. The molecule has 0 bridgehead atoms. The van der Waals surface area contributed by atoms with Gasteiger partial charge in [0, 0.05) is 19.3 Å². The van der Waals surface area contributed by atoms with Gasteiger partial charge in [0.2, 0.25) is 5.91 Å². The Balaban J connectivity index is 2.29. The molecule has 1 heterocycles. The molecule has 3 nitrogen and oxygen atoms in total. The molecule has 0 radical (unpaired) electrons. The Morgan fingerprint density at radius 1 is 1.47 bits per heavy atom. The Hall–Kier alpha value is -1.35. The van der Waals surface area contributed by atoms with E-state index < -0.39 is 0 Å². The molecule has 0 saturated carbocycles. The quantitative estimate of drug-likeness (QED) is 0.860. The van der Waals surface area contributed by atoms with Gasteiger partial charge in [-0.2, -0.15) is 0 Å². The van der Waals surface area contributed by atoms with Crippen LogP contribution in [-0.2, 0) is 11.2 Å². The zero-order valence-corrected chi connectivity index (χ0v) is 10.8. The van der Waals surface area contributed by atoms with Crippen molar-refractivity contribution in [2.45, 2.75) is 25.7 Å². The summed E-state index contributed by atoms with van der Waals surface area (Å²) < 4.78 is 0. The summed E-state index contributed by atoms with van der Waals surface area (Å²) in [6, 6.07) is 6.43. The van der Waals surface area contributed by atoms with Crippen LogP contribution in [0, 0.1) is 0 Å². The summed E-state index contributed by atoms with van der Waals surface area (Å²) >= 11 is 0. The minimum absolute atomic E-state index is 0.193. The first-order valence-corrected chi connectivity index (χ1v) is 6.21. The molecule has 1 aliphatic rings. The minimum atomic E-state index is 0.193. The van der Waals surface area contributed by atoms with Gasteiger partial charge in [0.25, 0.3) is 0 Å². The van der Waals surface area contributed by atoms with Crippen molar-refractivity contribution in [2.75, 3.05) is 25.5 Å². The van der Waals surface area contributed by atoms with E-state index in [9.17, 15) is 4.79 Å². The number of hydrogen-bond acceptors (Lipinski definition) is 2. The van der Waals surface area contributed by atoms with Crippen molar-refractivity contribution in [2.24, 2.45) is 0 Å². The van der Waals surface area contributed by atoms with E-state index in [4.69, 9.17) is 0 Å². The number of likely N-dealkylation sites (N-methyl/N-ethyl adjacent to an activating group) is 2. The van der Waals surface area contributed by atoms with E-state index in [0.717, 1.165) is 18.7 Å². The van der Waals surface area contributed by atoms with Gasteiger partial charge in [0.15, 0.2) is 0 Å². The summed E-state index contributed by atoms with van der Waals surface area (Å²) in [5.41, 5.74) is 3.58. The molecule has 1 N–H and O–H groups in total. The number of carbonyl (C=O) groups is 1. The highest BCUT2D eigenvalue weighted by Crippen LogP contribution is 2.31. The molecule has 17 heavy (non-hydrogen) atoms. The second-order valence-electron chi connectivity index (χ2n) is 4.68. The molecular weight excluding hydrogens is 212 g/mol. The zero-order chi connectivity index (χ0) is 12.4. The number of anilines is 1. The lowest BCUT2D eigenvalue weighted by atomic mass is 9.94. The van der Waals surface area contributed by atoms with Gasteiger partial charge in [-0.1, -0.05) is 19.1 Å². The van der Waals surface area contributed by atoms with Crippen molar-refractivity contribution in [1.82, 2.24) is 5.32 Å². The molecule has 2 rings (SSSR count). The maximum Gasteiger partial charge on any atom is 0.231 e. The van der Waals surface area contributed by atoms with E-state index in [-0.39, 0.29) is 5.91 Å². The third kappa shape index (κ3) is 2.20. The van der Waals surface area contributed by atoms with Crippen LogP contribution < -0.4 is 10.2 Å². The number of carbonyl (C=O) groups excluding carboxylic acids is 1. The molecule has 0 aliphatic carbocycles. The summed E-state index contributed by atoms with van der Waals surface area (Å²) in [6.07, 6.45) is 1.67. The molecule has 1 unspecified atom stereocenters. The molecule has 0 aromatic heterocycles. The van der Waals surface area contributed by atoms with E-state index >= 15 is 0 Å². The van der Waals surface area contributed by atoms with Gasteiger partial charge in [0.1, 0.15) is 0 Å². The predicted octanol–water partition coefficient (Wildman–Crippen LogP) is 1.92. The molecule has 1 amide bonds. The lowest BCUT2D eigenvalue weighted by Gasteiger charge is -2.16. The van der Waals surface area contributed by atoms with Crippen LogP contribution in [0.3, 0.4) is 0 Å². The smallest absolute Gasteiger partial charge is 0.231 e. The van der Waals surface area contributed by atoms with Gasteiger partial charge in [-0.05, 0) is 36.6 Å². The maximum absolute atomic E-state index is 11.6. The maximum atomic E-state index is 11.6. The van der Waals surface area contributed by atoms with Crippen LogP contribution in [0.25, 0.3) is 0 Å². The number of amides is 1. The second-order valence-corrected chi connectivity index (χ2v) is 4.68. The van der Waals surface area contributed by atoms with Crippen LogP contribution in [0.2, 0.25) is 0 Å². The number of nitrogens with one attached hydrogen (secondary N) is 1. The summed E-state index contributed by atoms with van der Waals surface area (Å²) in [5.74, 6) is 0.727. The van der Waals surface area contributed by atoms with Crippen molar-refractivity contribution in [3.63, 3.8) is 0 Å². The average molecular weight is 232 g/mol. The van der Waals surface area contributed by atoms with Crippen LogP contribution in [0.15, 0.2) is 18.2 Å². The Bertz CT molecular complexity index is 428. The molecule has 0 saturated heterocycles. The van der Waals surface area contributed by atoms with Gasteiger partial charge >= 0.3 is 0 Å². The Kier molecular flexibility index (Phi) is 3.48. The standard InChI is InChI=1S/C14H20N2O/c1-4-10(9-15-2)11-5-6-13-12(7-11)8-14(17)16(13)3/h5-7,10,15H,4,8-9H2,1-3H3. The Morgan fingerprint density at radius 3 is 2.88 bits per heavy atom. The molecule has 1 aromatic rings. The van der Waals surface area contributed by atoms with Crippen LogP contribution in [0.1, 0.15) is 30.4 Å². The molecule has 3 heteroatoms. The molecule has 1 aromatic carbocycles. The minimum Gasteiger partial charge on any atom is -0.319 e. The number of rotatable bonds is 4. The Morgan fingerprint density at radius 2 is 2.24 bits per heavy atom. The monoisotopic (exact) mass is 232 g/mol. The van der Waals surface area contributed by atoms with Crippen molar-refractivity contribution in [3.05, 3.63) is 29.3 Å². The van der Waals surface area contributed by atoms with Crippen LogP contribution >= 0.6 is 0 Å². The highest BCUT2D eigenvalue weighted by Gasteiger charge is 2.24. The highest BCUT2D eigenvalue weighted by atomic mass is 16.2. The molecule has 1 atom stereocenters. The lowest BCUT2D eigenvalue weighted by molar-refractivity contribution is -0.117. The average Bonchev–Trinajstić information content (AvgIpc) is 2.61. The van der Waals surface area contributed by atoms with Crippen molar-refractivity contribution in [3.8, 4) is 0 Å². The van der Waals surface area contributed by atoms with Crippen LogP contribution in [0.4, 0.5) is 5.69 Å². The van der Waals surface area contributed by atoms with Crippen molar-refractivity contribution in [1.29, 1.82) is 0 Å². The normalized spacial score (nSPS) is 16.2. The van der Waals surface area contributed by atoms with Crippen LogP contribution in [0.5, 0.6) is 0 Å². The summed E-state index contributed by atoms with van der Waals surface area (Å²) in [5, 5.41) is 3.23. The van der Waals surface area contributed by atoms with E-state index in [2.05, 4.69) is 30.4 Å². The first-order chi connectivity index (χ1) is 8.17. The second kappa shape index (κ2) is 4.88. The van der Waals surface area contributed by atoms with Crippen molar-refractivity contribution < 1.29 is 4.79 Å². The molecule has 92 valence electrons. The van der Waals surface area contributed by atoms with Gasteiger partial charge < -0.3 is 10.2 Å². The fourth-order valence-corrected chi connectivity index (χ4v) is 2.49. The topological polar surface area (TPSA) is 32.3 Å². The van der Waals surface area contributed by atoms with Gasteiger partial charge in [-0.15, -0.1) is 0 Å². The fourth-order valence-electron chi connectivity index (χ4n) is 2.49. The van der Waals surface area contributed by atoms with Crippen molar-refractivity contribution >= 4 is 11.6 Å². The summed E-state index contributed by atoms with van der Waals surface area (Å²) in [6.45, 7) is 3.19. The molecule has 0 fully saturated rings. The highest BCUT2D eigenvalue weighted by molar-refractivity contribution is 6.00. The molecule has 1 aliphatic heterocycles. The predicted molar refractivity (Wildman–Crippen MR) is 70.5 cm³/mol. The number of benzene rings is 1. The summed E-state index contributed by atoms with van der Waals surface area (Å²) in [7, 11) is 3.83. The first kappa shape index (κ1) is 12.1. The number of nitrogens with zero attached hydrogens (tertiary/aromatic N) is 1. The SMILES string of the molecule is CCC(CNC)c1ccc2c(c1)CC(=O)N2C. The lowest BCUT2D eigenvalue weighted by Crippen LogP contribution is -2.20. The third-order valence-corrected chi connectivity index (χ3v) is 3.60. The van der Waals surface area contributed by atoms with E-state index in [0.29, 0.717) is 12.3 Å². The number of fused-ring (bicyclic) bond motifs is 1.